The van der Waals surface area contributed by atoms with Gasteiger partial charge >= 0.3 is 0 Å². The van der Waals surface area contributed by atoms with Crippen molar-refractivity contribution in [2.45, 2.75) is 20.1 Å². The third-order valence-corrected chi connectivity index (χ3v) is 2.13. The van der Waals surface area contributed by atoms with Crippen molar-refractivity contribution in [1.29, 1.82) is 0 Å². The van der Waals surface area contributed by atoms with Gasteiger partial charge in [-0.15, -0.1) is 0 Å². The highest BCUT2D eigenvalue weighted by Crippen LogP contribution is 2.19. The van der Waals surface area contributed by atoms with Crippen LogP contribution in [0.25, 0.3) is 0 Å². The largest absolute Gasteiger partial charge is 0.487 e. The molecule has 6 heteroatoms. The molecule has 1 heterocycles. The van der Waals surface area contributed by atoms with E-state index in [1.165, 1.54) is 12.3 Å². The number of hydrogen-bond donors (Lipinski definition) is 0. The van der Waals surface area contributed by atoms with Crippen LogP contribution in [0, 0.1) is 5.95 Å². The normalized spacial score (nSPS) is 10.9. The number of rotatable bonds is 7. The van der Waals surface area contributed by atoms with Gasteiger partial charge in [0, 0.05) is 19.3 Å². The van der Waals surface area contributed by atoms with E-state index in [4.69, 9.17) is 25.8 Å². The van der Waals surface area contributed by atoms with Crippen LogP contribution in [-0.4, -0.2) is 31.1 Å². The van der Waals surface area contributed by atoms with Gasteiger partial charge in [0.15, 0.2) is 6.29 Å². The molecule has 0 aliphatic heterocycles. The van der Waals surface area contributed by atoms with Crippen molar-refractivity contribution >= 4 is 11.6 Å². The molecule has 0 N–H and O–H groups in total. The second-order valence-corrected chi connectivity index (χ2v) is 3.50. The fourth-order valence-electron chi connectivity index (χ4n) is 1.16. The van der Waals surface area contributed by atoms with Crippen LogP contribution in [-0.2, 0) is 9.47 Å². The van der Waals surface area contributed by atoms with Crippen LogP contribution in [0.2, 0.25) is 5.02 Å². The molecule has 0 aliphatic carbocycles. The predicted octanol–water partition coefficient (Wildman–Crippen LogP) is 2.65. The summed E-state index contributed by atoms with van der Waals surface area (Å²) in [5.41, 5.74) is 0. The minimum absolute atomic E-state index is 0.0770. The lowest BCUT2D eigenvalue weighted by Gasteiger charge is -2.17. The van der Waals surface area contributed by atoms with Crippen LogP contribution in [0.4, 0.5) is 4.39 Å². The third kappa shape index (κ3) is 4.85. The minimum Gasteiger partial charge on any atom is -0.487 e. The summed E-state index contributed by atoms with van der Waals surface area (Å²) in [6, 6.07) is 1.36. The molecule has 0 unspecified atom stereocenters. The fourth-order valence-corrected chi connectivity index (χ4v) is 1.32. The molecule has 0 bridgehead atoms. The molecule has 1 aromatic rings. The van der Waals surface area contributed by atoms with Gasteiger partial charge in [-0.1, -0.05) is 11.6 Å². The molecular weight excluding hydrogens is 249 g/mol. The SMILES string of the molecule is CCOC(COc1cnc(F)c(Cl)c1)OCC. The zero-order valence-corrected chi connectivity index (χ0v) is 10.5. The Bertz CT molecular complexity index is 345. The van der Waals surface area contributed by atoms with Crippen molar-refractivity contribution in [2.24, 2.45) is 0 Å². The van der Waals surface area contributed by atoms with Crippen LogP contribution in [0.15, 0.2) is 12.3 Å². The highest BCUT2D eigenvalue weighted by Gasteiger charge is 2.10. The van der Waals surface area contributed by atoms with Crippen LogP contribution in [0.3, 0.4) is 0 Å². The summed E-state index contributed by atoms with van der Waals surface area (Å²) in [5, 5.41) is -0.0770. The van der Waals surface area contributed by atoms with E-state index in [9.17, 15) is 4.39 Å². The maximum absolute atomic E-state index is 12.8. The Hall–Kier alpha value is -0.910. The van der Waals surface area contributed by atoms with Crippen molar-refractivity contribution in [3.05, 3.63) is 23.2 Å². The molecule has 0 aliphatic rings. The number of ether oxygens (including phenoxy) is 3. The number of nitrogens with zero attached hydrogens (tertiary/aromatic N) is 1. The van der Waals surface area contributed by atoms with Gasteiger partial charge in [-0.25, -0.2) is 4.98 Å². The monoisotopic (exact) mass is 263 g/mol. The van der Waals surface area contributed by atoms with E-state index >= 15 is 0 Å². The van der Waals surface area contributed by atoms with Crippen molar-refractivity contribution in [3.8, 4) is 5.75 Å². The summed E-state index contributed by atoms with van der Waals surface area (Å²) in [5.74, 6) is -0.342. The number of aromatic nitrogens is 1. The van der Waals surface area contributed by atoms with Gasteiger partial charge in [-0.3, -0.25) is 0 Å². The van der Waals surface area contributed by atoms with Crippen LogP contribution in [0.5, 0.6) is 5.75 Å². The van der Waals surface area contributed by atoms with Crippen LogP contribution in [0.1, 0.15) is 13.8 Å². The predicted molar refractivity (Wildman–Crippen MR) is 61.7 cm³/mol. The zero-order chi connectivity index (χ0) is 12.7. The highest BCUT2D eigenvalue weighted by molar-refractivity contribution is 6.30. The molecule has 0 atom stereocenters. The van der Waals surface area contributed by atoms with E-state index < -0.39 is 12.2 Å². The van der Waals surface area contributed by atoms with E-state index in [1.54, 1.807) is 0 Å². The summed E-state index contributed by atoms with van der Waals surface area (Å²) in [7, 11) is 0. The lowest BCUT2D eigenvalue weighted by Crippen LogP contribution is -2.25. The Morgan fingerprint density at radius 3 is 2.53 bits per heavy atom. The lowest BCUT2D eigenvalue weighted by molar-refractivity contribution is -0.152. The first kappa shape index (κ1) is 14.2. The molecule has 0 saturated heterocycles. The molecule has 17 heavy (non-hydrogen) atoms. The lowest BCUT2D eigenvalue weighted by atomic mass is 10.4. The zero-order valence-electron chi connectivity index (χ0n) is 9.78. The first-order chi connectivity index (χ1) is 8.17. The van der Waals surface area contributed by atoms with Gasteiger partial charge in [0.25, 0.3) is 0 Å². The van der Waals surface area contributed by atoms with Crippen molar-refractivity contribution in [1.82, 2.24) is 4.98 Å². The second-order valence-electron chi connectivity index (χ2n) is 3.09. The summed E-state index contributed by atoms with van der Waals surface area (Å²) >= 11 is 5.57. The third-order valence-electron chi connectivity index (χ3n) is 1.86. The van der Waals surface area contributed by atoms with Crippen molar-refractivity contribution in [3.63, 3.8) is 0 Å². The standard InChI is InChI=1S/C11H15ClFNO3/c1-3-15-10(16-4-2)7-17-8-5-9(12)11(13)14-6-8/h5-6,10H,3-4,7H2,1-2H3. The quantitative estimate of drug-likeness (QED) is 0.560. The van der Waals surface area contributed by atoms with Gasteiger partial charge in [0.1, 0.15) is 12.4 Å². The Balaban J connectivity index is 2.49. The van der Waals surface area contributed by atoms with E-state index in [0.29, 0.717) is 19.0 Å². The first-order valence-corrected chi connectivity index (χ1v) is 5.72. The molecule has 96 valence electrons. The molecule has 1 aromatic heterocycles. The van der Waals surface area contributed by atoms with E-state index in [1.807, 2.05) is 13.8 Å². The van der Waals surface area contributed by atoms with Crippen LogP contribution >= 0.6 is 11.6 Å². The molecule has 0 radical (unpaired) electrons. The Morgan fingerprint density at radius 2 is 2.00 bits per heavy atom. The highest BCUT2D eigenvalue weighted by atomic mass is 35.5. The number of halogens is 2. The average molecular weight is 264 g/mol. The minimum atomic E-state index is -0.717. The van der Waals surface area contributed by atoms with Gasteiger partial charge in [-0.2, -0.15) is 4.39 Å². The van der Waals surface area contributed by atoms with Gasteiger partial charge in [0.05, 0.1) is 11.2 Å². The Kier molecular flexibility index (Phi) is 6.18. The van der Waals surface area contributed by atoms with Crippen molar-refractivity contribution < 1.29 is 18.6 Å². The molecule has 1 rings (SSSR count). The van der Waals surface area contributed by atoms with E-state index in [0.717, 1.165) is 0 Å². The molecule has 4 nitrogen and oxygen atoms in total. The van der Waals surface area contributed by atoms with Crippen LogP contribution < -0.4 is 4.74 Å². The first-order valence-electron chi connectivity index (χ1n) is 5.34. The van der Waals surface area contributed by atoms with Gasteiger partial charge in [-0.05, 0) is 13.8 Å². The fraction of sp³-hybridized carbons (Fsp3) is 0.545. The number of hydrogen-bond acceptors (Lipinski definition) is 4. The Morgan fingerprint density at radius 1 is 1.35 bits per heavy atom. The Labute approximate surface area is 105 Å². The van der Waals surface area contributed by atoms with Gasteiger partial charge < -0.3 is 14.2 Å². The average Bonchev–Trinajstić information content (AvgIpc) is 2.31. The maximum Gasteiger partial charge on any atom is 0.231 e. The second kappa shape index (κ2) is 7.42. The summed E-state index contributed by atoms with van der Waals surface area (Å²) < 4.78 is 28.7. The van der Waals surface area contributed by atoms with E-state index in [-0.39, 0.29) is 11.6 Å². The van der Waals surface area contributed by atoms with E-state index in [2.05, 4.69) is 4.98 Å². The molecular formula is C11H15ClFNO3. The summed E-state index contributed by atoms with van der Waals surface area (Å²) in [6.07, 6.45) is 0.810. The molecule has 0 spiro atoms. The number of pyridine rings is 1. The smallest absolute Gasteiger partial charge is 0.231 e. The molecule has 0 fully saturated rings. The maximum atomic E-state index is 12.8. The van der Waals surface area contributed by atoms with Gasteiger partial charge in [0.2, 0.25) is 5.95 Å². The van der Waals surface area contributed by atoms with Crippen molar-refractivity contribution in [2.75, 3.05) is 19.8 Å². The topological polar surface area (TPSA) is 40.6 Å². The molecule has 0 amide bonds. The molecule has 0 aromatic carbocycles. The molecule has 0 saturated carbocycles. The summed E-state index contributed by atoms with van der Waals surface area (Å²) in [6.45, 7) is 4.98. The summed E-state index contributed by atoms with van der Waals surface area (Å²) in [4.78, 5) is 3.44.